The molecule has 32 heavy (non-hydrogen) atoms. The first kappa shape index (κ1) is 25.0. The van der Waals surface area contributed by atoms with E-state index >= 15 is 0 Å². The molecule has 2 atom stereocenters. The molecular weight excluding hydrogens is 418 g/mol. The van der Waals surface area contributed by atoms with Crippen molar-refractivity contribution < 1.29 is 33.4 Å². The van der Waals surface area contributed by atoms with Crippen molar-refractivity contribution in [2.24, 2.45) is 5.92 Å². The number of hydrogen-bond donors (Lipinski definition) is 1. The number of nitrogens with one attached hydrogen (secondary N) is 1. The molecule has 0 unspecified atom stereocenters. The Hall–Kier alpha value is -3.30. The highest BCUT2D eigenvalue weighted by Gasteiger charge is 2.43. The molecule has 0 aromatic heterocycles. The summed E-state index contributed by atoms with van der Waals surface area (Å²) in [6.07, 6.45) is -1.30. The molecule has 10 heteroatoms. The number of amides is 3. The second kappa shape index (κ2) is 10.8. The third-order valence-corrected chi connectivity index (χ3v) is 4.77. The van der Waals surface area contributed by atoms with Crippen LogP contribution in [0, 0.1) is 5.92 Å². The molecule has 1 heterocycles. The molecule has 0 saturated carbocycles. The zero-order valence-electron chi connectivity index (χ0n) is 19.1. The number of nitrogens with zero attached hydrogens (tertiary/aromatic N) is 2. The molecule has 1 N–H and O–H groups in total. The molecule has 10 nitrogen and oxygen atoms in total. The minimum atomic E-state index is -0.776. The van der Waals surface area contributed by atoms with Crippen LogP contribution in [0.25, 0.3) is 0 Å². The average molecular weight is 450 g/mol. The Morgan fingerprint density at radius 1 is 1.12 bits per heavy atom. The van der Waals surface area contributed by atoms with Gasteiger partial charge < -0.3 is 29.3 Å². The SMILES string of the molecule is COC(=O)CN(C)C(=O)[C@@H]1CN(C(=O)OC(C)(C)C)C[C@H]1NC(=O)OCc1ccccc1. The fraction of sp³-hybridized carbons (Fsp3) is 0.545. The van der Waals surface area contributed by atoms with Crippen molar-refractivity contribution in [1.29, 1.82) is 0 Å². The van der Waals surface area contributed by atoms with Gasteiger partial charge in [-0.15, -0.1) is 0 Å². The number of likely N-dealkylation sites (N-methyl/N-ethyl adjacent to an activating group) is 1. The summed E-state index contributed by atoms with van der Waals surface area (Å²) in [5.41, 5.74) is 0.105. The zero-order valence-corrected chi connectivity index (χ0v) is 19.1. The van der Waals surface area contributed by atoms with Gasteiger partial charge in [0.1, 0.15) is 18.8 Å². The van der Waals surface area contributed by atoms with Gasteiger partial charge in [0.2, 0.25) is 5.91 Å². The second-order valence-electron chi connectivity index (χ2n) is 8.57. The molecule has 0 bridgehead atoms. The number of benzene rings is 1. The highest BCUT2D eigenvalue weighted by atomic mass is 16.6. The van der Waals surface area contributed by atoms with E-state index in [2.05, 4.69) is 10.1 Å². The Morgan fingerprint density at radius 3 is 2.38 bits per heavy atom. The first-order valence-electron chi connectivity index (χ1n) is 10.3. The van der Waals surface area contributed by atoms with Crippen LogP contribution in [-0.4, -0.2) is 79.3 Å². The van der Waals surface area contributed by atoms with Crippen molar-refractivity contribution in [2.75, 3.05) is 33.8 Å². The van der Waals surface area contributed by atoms with Crippen molar-refractivity contribution >= 4 is 24.1 Å². The Balaban J connectivity index is 2.08. The summed E-state index contributed by atoms with van der Waals surface area (Å²) >= 11 is 0. The van der Waals surface area contributed by atoms with E-state index in [1.807, 2.05) is 30.3 Å². The van der Waals surface area contributed by atoms with Crippen molar-refractivity contribution in [3.63, 3.8) is 0 Å². The normalized spacial score (nSPS) is 18.0. The summed E-state index contributed by atoms with van der Waals surface area (Å²) in [6.45, 7) is 5.14. The van der Waals surface area contributed by atoms with Crippen LogP contribution in [0.1, 0.15) is 26.3 Å². The minimum Gasteiger partial charge on any atom is -0.468 e. The van der Waals surface area contributed by atoms with E-state index in [0.29, 0.717) is 0 Å². The number of ether oxygens (including phenoxy) is 3. The molecule has 0 radical (unpaired) electrons. The monoisotopic (exact) mass is 449 g/mol. The number of alkyl carbamates (subject to hydrolysis) is 1. The van der Waals surface area contributed by atoms with Crippen molar-refractivity contribution in [3.05, 3.63) is 35.9 Å². The van der Waals surface area contributed by atoms with E-state index in [-0.39, 0.29) is 26.2 Å². The molecule has 3 amide bonds. The molecule has 1 aromatic carbocycles. The van der Waals surface area contributed by atoms with Crippen LogP contribution in [0.2, 0.25) is 0 Å². The molecular formula is C22H31N3O7. The molecule has 1 aliphatic heterocycles. The number of likely N-dealkylation sites (tertiary alicyclic amines) is 1. The molecule has 0 spiro atoms. The lowest BCUT2D eigenvalue weighted by Gasteiger charge is -2.24. The number of rotatable bonds is 6. The van der Waals surface area contributed by atoms with Crippen LogP contribution in [-0.2, 0) is 30.4 Å². The predicted molar refractivity (Wildman–Crippen MR) is 115 cm³/mol. The zero-order chi connectivity index (χ0) is 23.9. The predicted octanol–water partition coefficient (Wildman–Crippen LogP) is 1.78. The van der Waals surface area contributed by atoms with Gasteiger partial charge in [0.05, 0.1) is 19.1 Å². The van der Waals surface area contributed by atoms with Crippen molar-refractivity contribution in [2.45, 2.75) is 39.0 Å². The maximum absolute atomic E-state index is 13.0. The maximum Gasteiger partial charge on any atom is 0.410 e. The van der Waals surface area contributed by atoms with Gasteiger partial charge in [-0.2, -0.15) is 0 Å². The minimum absolute atomic E-state index is 0.0306. The standard InChI is InChI=1S/C22H31N3O7/c1-22(2,3)32-21(29)25-11-16(19(27)24(4)13-18(26)30-5)17(12-25)23-20(28)31-14-15-9-7-6-8-10-15/h6-10,16-17H,11-14H2,1-5H3,(H,23,28)/t16-,17-/m1/s1. The van der Waals surface area contributed by atoms with Crippen molar-refractivity contribution in [1.82, 2.24) is 15.1 Å². The molecule has 2 rings (SSSR count). The quantitative estimate of drug-likeness (QED) is 0.520. The summed E-state index contributed by atoms with van der Waals surface area (Å²) in [7, 11) is 2.69. The second-order valence-corrected chi connectivity index (χ2v) is 8.57. The number of carbonyl (C=O) groups excluding carboxylic acids is 4. The van der Waals surface area contributed by atoms with Crippen LogP contribution in [0.15, 0.2) is 30.3 Å². The summed E-state index contributed by atoms with van der Waals surface area (Å²) in [6, 6.07) is 8.45. The van der Waals surface area contributed by atoms with Gasteiger partial charge in [0.25, 0.3) is 0 Å². The summed E-state index contributed by atoms with van der Waals surface area (Å²) in [5.74, 6) is -1.76. The van der Waals surface area contributed by atoms with E-state index in [4.69, 9.17) is 9.47 Å². The lowest BCUT2D eigenvalue weighted by Crippen LogP contribution is -2.47. The van der Waals surface area contributed by atoms with Gasteiger partial charge in [-0.1, -0.05) is 30.3 Å². The Bertz CT molecular complexity index is 823. The van der Waals surface area contributed by atoms with Crippen LogP contribution >= 0.6 is 0 Å². The van der Waals surface area contributed by atoms with E-state index in [9.17, 15) is 19.2 Å². The highest BCUT2D eigenvalue weighted by Crippen LogP contribution is 2.22. The third-order valence-electron chi connectivity index (χ3n) is 4.77. The van der Waals surface area contributed by atoms with Crippen LogP contribution in [0.3, 0.4) is 0 Å². The number of carbonyl (C=O) groups is 4. The lowest BCUT2D eigenvalue weighted by atomic mass is 10.0. The van der Waals surface area contributed by atoms with Crippen LogP contribution in [0.4, 0.5) is 9.59 Å². The summed E-state index contributed by atoms with van der Waals surface area (Å²) in [5, 5.41) is 2.68. The fourth-order valence-corrected chi connectivity index (χ4v) is 3.21. The fourth-order valence-electron chi connectivity index (χ4n) is 3.21. The lowest BCUT2D eigenvalue weighted by molar-refractivity contribution is -0.147. The molecule has 1 fully saturated rings. The first-order chi connectivity index (χ1) is 15.0. The Labute approximate surface area is 187 Å². The molecule has 1 saturated heterocycles. The van der Waals surface area contributed by atoms with Gasteiger partial charge in [-0.3, -0.25) is 9.59 Å². The van der Waals surface area contributed by atoms with Crippen molar-refractivity contribution in [3.8, 4) is 0 Å². The van der Waals surface area contributed by atoms with Gasteiger partial charge in [0, 0.05) is 20.1 Å². The summed E-state index contributed by atoms with van der Waals surface area (Å²) < 4.78 is 15.3. The maximum atomic E-state index is 13.0. The van der Waals surface area contributed by atoms with E-state index in [1.54, 1.807) is 20.8 Å². The van der Waals surface area contributed by atoms with Crippen LogP contribution in [0.5, 0.6) is 0 Å². The van der Waals surface area contributed by atoms with Gasteiger partial charge in [0.15, 0.2) is 0 Å². The molecule has 0 aliphatic carbocycles. The Morgan fingerprint density at radius 2 is 1.78 bits per heavy atom. The molecule has 176 valence electrons. The van der Waals surface area contributed by atoms with E-state index in [1.165, 1.54) is 24.0 Å². The van der Waals surface area contributed by atoms with Gasteiger partial charge >= 0.3 is 18.2 Å². The average Bonchev–Trinajstić information content (AvgIpc) is 3.14. The van der Waals surface area contributed by atoms with E-state index in [0.717, 1.165) is 5.56 Å². The van der Waals surface area contributed by atoms with Gasteiger partial charge in [-0.05, 0) is 26.3 Å². The summed E-state index contributed by atoms with van der Waals surface area (Å²) in [4.78, 5) is 52.0. The van der Waals surface area contributed by atoms with Crippen LogP contribution < -0.4 is 5.32 Å². The largest absolute Gasteiger partial charge is 0.468 e. The number of esters is 1. The smallest absolute Gasteiger partial charge is 0.410 e. The highest BCUT2D eigenvalue weighted by molar-refractivity contribution is 5.85. The molecule has 1 aliphatic rings. The number of methoxy groups -OCH3 is 1. The third kappa shape index (κ3) is 7.44. The first-order valence-corrected chi connectivity index (χ1v) is 10.3. The topological polar surface area (TPSA) is 114 Å². The number of hydrogen-bond acceptors (Lipinski definition) is 7. The van der Waals surface area contributed by atoms with Gasteiger partial charge in [-0.25, -0.2) is 9.59 Å². The van der Waals surface area contributed by atoms with E-state index < -0.39 is 41.6 Å². The molecule has 1 aromatic rings. The Kier molecular flexibility index (Phi) is 8.45.